The summed E-state index contributed by atoms with van der Waals surface area (Å²) in [7, 11) is 0. The lowest BCUT2D eigenvalue weighted by atomic mass is 10.2. The van der Waals surface area contributed by atoms with Gasteiger partial charge in [0.2, 0.25) is 0 Å². The number of hydrogen-bond donors (Lipinski definition) is 0. The molecular formula is C17H13ClN2OS. The summed E-state index contributed by atoms with van der Waals surface area (Å²) < 4.78 is 8.73. The van der Waals surface area contributed by atoms with Crippen molar-refractivity contribution in [2.45, 2.75) is 6.92 Å². The maximum atomic E-state index is 6.05. The molecule has 0 aliphatic heterocycles. The van der Waals surface area contributed by atoms with Gasteiger partial charge in [-0.3, -0.25) is 4.40 Å². The van der Waals surface area contributed by atoms with Gasteiger partial charge in [0.15, 0.2) is 4.96 Å². The molecule has 0 radical (unpaired) electrons. The molecule has 22 heavy (non-hydrogen) atoms. The third-order valence-electron chi connectivity index (χ3n) is 3.52. The summed E-state index contributed by atoms with van der Waals surface area (Å²) >= 11 is 7.69. The van der Waals surface area contributed by atoms with E-state index in [4.69, 9.17) is 21.3 Å². The Hall–Kier alpha value is -2.04. The van der Waals surface area contributed by atoms with Gasteiger partial charge in [0.1, 0.15) is 5.75 Å². The molecule has 0 N–H and O–H groups in total. The van der Waals surface area contributed by atoms with E-state index in [1.54, 1.807) is 11.3 Å². The average Bonchev–Trinajstić information content (AvgIpc) is 3.05. The SMILES string of the molecule is CCOc1ccc(-c2cn3c(n2)sc2cc(Cl)ccc23)cc1. The Labute approximate surface area is 136 Å². The van der Waals surface area contributed by atoms with E-state index in [-0.39, 0.29) is 0 Å². The van der Waals surface area contributed by atoms with Gasteiger partial charge in [0.05, 0.1) is 22.5 Å². The highest BCUT2D eigenvalue weighted by Crippen LogP contribution is 2.31. The normalized spacial score (nSPS) is 11.4. The van der Waals surface area contributed by atoms with E-state index in [1.165, 1.54) is 0 Å². The molecule has 0 fully saturated rings. The van der Waals surface area contributed by atoms with Crippen molar-refractivity contribution < 1.29 is 4.74 Å². The van der Waals surface area contributed by atoms with Crippen LogP contribution in [0.1, 0.15) is 6.92 Å². The van der Waals surface area contributed by atoms with E-state index in [1.807, 2.05) is 49.4 Å². The van der Waals surface area contributed by atoms with Crippen LogP contribution in [0.5, 0.6) is 5.75 Å². The number of aromatic nitrogens is 2. The van der Waals surface area contributed by atoms with Gasteiger partial charge < -0.3 is 4.74 Å². The second-order valence-electron chi connectivity index (χ2n) is 4.95. The highest BCUT2D eigenvalue weighted by atomic mass is 35.5. The number of thiazole rings is 1. The number of imidazole rings is 1. The topological polar surface area (TPSA) is 26.5 Å². The summed E-state index contributed by atoms with van der Waals surface area (Å²) in [5.74, 6) is 0.882. The minimum Gasteiger partial charge on any atom is -0.494 e. The van der Waals surface area contributed by atoms with E-state index < -0.39 is 0 Å². The monoisotopic (exact) mass is 328 g/mol. The van der Waals surface area contributed by atoms with Crippen molar-refractivity contribution in [3.63, 3.8) is 0 Å². The lowest BCUT2D eigenvalue weighted by Gasteiger charge is -2.03. The summed E-state index contributed by atoms with van der Waals surface area (Å²) in [5, 5.41) is 0.753. The molecule has 110 valence electrons. The van der Waals surface area contributed by atoms with Crippen LogP contribution in [0, 0.1) is 0 Å². The smallest absolute Gasteiger partial charge is 0.195 e. The predicted molar refractivity (Wildman–Crippen MR) is 92.2 cm³/mol. The van der Waals surface area contributed by atoms with Crippen LogP contribution in [0.3, 0.4) is 0 Å². The van der Waals surface area contributed by atoms with E-state index in [9.17, 15) is 0 Å². The van der Waals surface area contributed by atoms with Gasteiger partial charge in [0.25, 0.3) is 0 Å². The van der Waals surface area contributed by atoms with Crippen molar-refractivity contribution in [2.24, 2.45) is 0 Å². The van der Waals surface area contributed by atoms with Gasteiger partial charge in [-0.15, -0.1) is 0 Å². The number of hydrogen-bond acceptors (Lipinski definition) is 3. The lowest BCUT2D eigenvalue weighted by molar-refractivity contribution is 0.340. The number of halogens is 1. The molecule has 2 heterocycles. The molecule has 0 atom stereocenters. The van der Waals surface area contributed by atoms with E-state index in [0.717, 1.165) is 37.2 Å². The van der Waals surface area contributed by atoms with Crippen molar-refractivity contribution in [3.05, 3.63) is 53.7 Å². The summed E-state index contributed by atoms with van der Waals surface area (Å²) in [4.78, 5) is 5.70. The van der Waals surface area contributed by atoms with Crippen LogP contribution in [-0.4, -0.2) is 16.0 Å². The van der Waals surface area contributed by atoms with Crippen LogP contribution in [0.4, 0.5) is 0 Å². The maximum Gasteiger partial charge on any atom is 0.195 e. The average molecular weight is 329 g/mol. The van der Waals surface area contributed by atoms with Crippen molar-refractivity contribution in [1.82, 2.24) is 9.38 Å². The van der Waals surface area contributed by atoms with Crippen molar-refractivity contribution >= 4 is 38.1 Å². The molecule has 3 nitrogen and oxygen atoms in total. The molecule has 4 aromatic rings. The molecule has 2 aromatic heterocycles. The Kier molecular flexibility index (Phi) is 3.28. The first-order chi connectivity index (χ1) is 10.7. The number of ether oxygens (including phenoxy) is 1. The molecule has 4 rings (SSSR count). The standard InChI is InChI=1S/C17H13ClN2OS/c1-2-21-13-6-3-11(4-7-13)14-10-20-15-8-5-12(18)9-16(15)22-17(20)19-14/h3-10H,2H2,1H3. The molecular weight excluding hydrogens is 316 g/mol. The molecule has 0 unspecified atom stereocenters. The molecule has 0 aliphatic carbocycles. The van der Waals surface area contributed by atoms with E-state index >= 15 is 0 Å². The molecule has 0 saturated carbocycles. The minimum atomic E-state index is 0.675. The second kappa shape index (κ2) is 5.30. The van der Waals surface area contributed by atoms with Crippen LogP contribution in [0.15, 0.2) is 48.7 Å². The zero-order valence-corrected chi connectivity index (χ0v) is 13.5. The molecule has 0 saturated heterocycles. The number of benzene rings is 2. The van der Waals surface area contributed by atoms with Crippen molar-refractivity contribution in [3.8, 4) is 17.0 Å². The minimum absolute atomic E-state index is 0.675. The maximum absolute atomic E-state index is 6.05. The zero-order chi connectivity index (χ0) is 15.1. The first-order valence-electron chi connectivity index (χ1n) is 7.05. The Morgan fingerprint density at radius 3 is 2.77 bits per heavy atom. The fourth-order valence-corrected chi connectivity index (χ4v) is 3.79. The molecule has 0 aliphatic rings. The predicted octanol–water partition coefficient (Wildman–Crippen LogP) is 5.27. The van der Waals surface area contributed by atoms with Crippen LogP contribution in [0.2, 0.25) is 5.02 Å². The Bertz CT molecular complexity index is 956. The Balaban J connectivity index is 1.79. The first-order valence-corrected chi connectivity index (χ1v) is 8.24. The van der Waals surface area contributed by atoms with Crippen LogP contribution in [-0.2, 0) is 0 Å². The zero-order valence-electron chi connectivity index (χ0n) is 11.9. The third-order valence-corrected chi connectivity index (χ3v) is 4.77. The molecule has 0 spiro atoms. The van der Waals surface area contributed by atoms with E-state index in [2.05, 4.69) is 10.6 Å². The summed E-state index contributed by atoms with van der Waals surface area (Å²) in [6, 6.07) is 13.9. The number of fused-ring (bicyclic) bond motifs is 3. The Morgan fingerprint density at radius 1 is 1.18 bits per heavy atom. The highest BCUT2D eigenvalue weighted by molar-refractivity contribution is 7.23. The summed E-state index contributed by atoms with van der Waals surface area (Å²) in [6.45, 7) is 2.66. The second-order valence-corrected chi connectivity index (χ2v) is 6.40. The number of rotatable bonds is 3. The first kappa shape index (κ1) is 13.6. The quantitative estimate of drug-likeness (QED) is 0.512. The largest absolute Gasteiger partial charge is 0.494 e. The van der Waals surface area contributed by atoms with Crippen molar-refractivity contribution in [2.75, 3.05) is 6.61 Å². The highest BCUT2D eigenvalue weighted by Gasteiger charge is 2.10. The van der Waals surface area contributed by atoms with Gasteiger partial charge in [-0.1, -0.05) is 22.9 Å². The fraction of sp³-hybridized carbons (Fsp3) is 0.118. The molecule has 2 aromatic carbocycles. The van der Waals surface area contributed by atoms with Gasteiger partial charge >= 0.3 is 0 Å². The van der Waals surface area contributed by atoms with Gasteiger partial charge in [-0.05, 0) is 49.4 Å². The van der Waals surface area contributed by atoms with Crippen molar-refractivity contribution in [1.29, 1.82) is 0 Å². The lowest BCUT2D eigenvalue weighted by Crippen LogP contribution is -1.90. The van der Waals surface area contributed by atoms with E-state index in [0.29, 0.717) is 6.61 Å². The molecule has 5 heteroatoms. The van der Waals surface area contributed by atoms with Crippen LogP contribution in [0.25, 0.3) is 26.4 Å². The van der Waals surface area contributed by atoms with Gasteiger partial charge in [0, 0.05) is 16.8 Å². The van der Waals surface area contributed by atoms with Gasteiger partial charge in [-0.25, -0.2) is 4.98 Å². The van der Waals surface area contributed by atoms with Crippen LogP contribution < -0.4 is 4.74 Å². The van der Waals surface area contributed by atoms with Crippen LogP contribution >= 0.6 is 22.9 Å². The van der Waals surface area contributed by atoms with Gasteiger partial charge in [-0.2, -0.15) is 0 Å². The molecule has 0 bridgehead atoms. The fourth-order valence-electron chi connectivity index (χ4n) is 2.50. The summed E-state index contributed by atoms with van der Waals surface area (Å²) in [6.07, 6.45) is 2.07. The number of nitrogens with zero attached hydrogens (tertiary/aromatic N) is 2. The summed E-state index contributed by atoms with van der Waals surface area (Å²) in [5.41, 5.74) is 3.18. The molecule has 0 amide bonds. The third kappa shape index (κ3) is 2.25. The Morgan fingerprint density at radius 2 is 2.00 bits per heavy atom.